The highest BCUT2D eigenvalue weighted by molar-refractivity contribution is 7.85. The first-order chi connectivity index (χ1) is 39.3. The molecule has 0 atom stereocenters. The minimum atomic E-state index is -3.72. The van der Waals surface area contributed by atoms with Crippen molar-refractivity contribution in [3.63, 3.8) is 0 Å². The maximum absolute atomic E-state index is 9.47. The third-order valence-corrected chi connectivity index (χ3v) is 12.4. The number of benzene rings is 6. The summed E-state index contributed by atoms with van der Waals surface area (Å²) in [5, 5.41) is 62.2. The number of fused-ring (bicyclic) bond motifs is 2. The Morgan fingerprint density at radius 2 is 0.916 bits per heavy atom. The first kappa shape index (κ1) is 62.8. The molecule has 0 unspecified atom stereocenters. The molecule has 25 heteroatoms. The zero-order valence-corrected chi connectivity index (χ0v) is 48.7. The van der Waals surface area contributed by atoms with Crippen LogP contribution in [0.2, 0.25) is 0 Å². The average Bonchev–Trinajstić information content (AvgIpc) is 4.01. The smallest absolute Gasteiger partial charge is 0.421 e. The summed E-state index contributed by atoms with van der Waals surface area (Å²) in [7, 11) is 6.04. The number of nitrogens with zero attached hydrogens (tertiary/aromatic N) is 14. The van der Waals surface area contributed by atoms with Crippen molar-refractivity contribution in [2.24, 2.45) is 76.2 Å². The number of hydrogen-bond donors (Lipinski definition) is 4. The van der Waals surface area contributed by atoms with Crippen molar-refractivity contribution in [3.05, 3.63) is 195 Å². The molecule has 4 N–H and O–H groups in total. The number of nitrogens with one attached hydrogen (secondary N) is 4. The van der Waals surface area contributed by atoms with Gasteiger partial charge in [0.25, 0.3) is 10.1 Å². The van der Waals surface area contributed by atoms with Crippen LogP contribution in [-0.2, 0) is 49.7 Å². The summed E-state index contributed by atoms with van der Waals surface area (Å²) in [6.07, 6.45) is 15.8. The standard InChI is InChI=1S/C29H30N9.C28H27N9.CH4O4S.2ClH/c1-36-18-6-7-24(21-36)33-34-28-15-14-27(25-8-4-5-9-26(25)28)31-17-16-30-22-10-12-23(13-11-22)32-35-29-37(2)19-20-38(29)3;1-36-18-19-37(2)28(36)35-32-22-11-9-21(10-12-22)30-16-17-31-26-13-14-27(25-8-4-3-7-24(25)26)34-33-23-6-5-15-29-20-23;1-6(3,4)5-2;;/h4-15,18-21H,16-17H2,1-3H3,(H,31,33);3-15,18-20H,16-17H2,1-2H3,(H,31,33);2H,1H3;2*1H/q+1;;;;/p-1. The fourth-order valence-electron chi connectivity index (χ4n) is 8.07. The van der Waals surface area contributed by atoms with Crippen molar-refractivity contribution in [1.82, 2.24) is 14.1 Å². The second-order valence-corrected chi connectivity index (χ2v) is 19.9. The molecule has 6 aromatic carbocycles. The lowest BCUT2D eigenvalue weighted by atomic mass is 10.1. The van der Waals surface area contributed by atoms with E-state index in [0.717, 1.165) is 116 Å². The lowest BCUT2D eigenvalue weighted by Crippen LogP contribution is -3.00. The summed E-state index contributed by atoms with van der Waals surface area (Å²) in [6, 6.07) is 48.1. The van der Waals surface area contributed by atoms with Gasteiger partial charge in [-0.15, -0.1) is 20.5 Å². The molecule has 0 saturated carbocycles. The van der Waals surface area contributed by atoms with Crippen molar-refractivity contribution >= 4 is 100 Å². The Kier molecular flexibility index (Phi) is 23.4. The van der Waals surface area contributed by atoms with Gasteiger partial charge in [0.15, 0.2) is 12.4 Å². The first-order valence-corrected chi connectivity index (χ1v) is 27.4. The molecule has 428 valence electrons. The highest BCUT2D eigenvalue weighted by atomic mass is 35.5. The SMILES string of the molecule is CS(=O)(=O)O[O-].Cn1cc[n+](C)c1N=Nc1ccc(NCCNc2ccc(N=Nc3ccc[n+](C)c3)c3ccccc23)cc1.Cn1cc[n+](C)c1N=Nc1ccc(NCCNc2ccc(N=Nc3cccnc3)c3ccccc23)cc1.[Cl-].[Cl-]. The number of aryl methyl sites for hydroxylation is 5. The van der Waals surface area contributed by atoms with E-state index in [1.54, 1.807) is 12.4 Å². The Bertz CT molecular complexity index is 3900. The van der Waals surface area contributed by atoms with E-state index in [0.29, 0.717) is 6.26 Å². The number of rotatable bonds is 19. The van der Waals surface area contributed by atoms with Crippen LogP contribution < -0.4 is 65.0 Å². The Balaban J connectivity index is 0.000000238. The monoisotopic (exact) mass is 1180 g/mol. The molecule has 22 nitrogen and oxygen atoms in total. The number of pyridine rings is 2. The van der Waals surface area contributed by atoms with E-state index in [1.807, 2.05) is 211 Å². The third kappa shape index (κ3) is 18.6. The van der Waals surface area contributed by atoms with Gasteiger partial charge in [0.05, 0.1) is 76.8 Å². The molecule has 10 aromatic rings. The van der Waals surface area contributed by atoms with E-state index in [9.17, 15) is 8.42 Å². The molecule has 0 saturated heterocycles. The summed E-state index contributed by atoms with van der Waals surface area (Å²) >= 11 is 0. The Morgan fingerprint density at radius 1 is 0.494 bits per heavy atom. The van der Waals surface area contributed by atoms with Crippen LogP contribution in [0.4, 0.5) is 68.8 Å². The first-order valence-electron chi connectivity index (χ1n) is 25.5. The molecule has 4 aromatic heterocycles. The molecule has 0 spiro atoms. The van der Waals surface area contributed by atoms with Crippen LogP contribution in [-0.4, -0.2) is 55.0 Å². The van der Waals surface area contributed by atoms with Gasteiger partial charge in [-0.1, -0.05) is 58.8 Å². The van der Waals surface area contributed by atoms with Crippen LogP contribution >= 0.6 is 0 Å². The summed E-state index contributed by atoms with van der Waals surface area (Å²) in [4.78, 5) is 4.08. The predicted octanol–water partition coefficient (Wildman–Crippen LogP) is 5.18. The molecule has 0 aliphatic heterocycles. The summed E-state index contributed by atoms with van der Waals surface area (Å²) < 4.78 is 31.3. The number of aromatic nitrogens is 6. The van der Waals surface area contributed by atoms with Gasteiger partial charge in [0.1, 0.15) is 29.8 Å². The topological polar surface area (TPSA) is 248 Å². The van der Waals surface area contributed by atoms with Crippen molar-refractivity contribution in [2.45, 2.75) is 0 Å². The number of hydrogen-bond acceptors (Lipinski definition) is 17. The normalized spacial score (nSPS) is 11.3. The van der Waals surface area contributed by atoms with Gasteiger partial charge in [-0.05, 0) is 91.0 Å². The van der Waals surface area contributed by atoms with Crippen molar-refractivity contribution in [3.8, 4) is 0 Å². The van der Waals surface area contributed by atoms with E-state index in [1.165, 1.54) is 0 Å². The quantitative estimate of drug-likeness (QED) is 0.0274. The summed E-state index contributed by atoms with van der Waals surface area (Å²) in [6.45, 7) is 3.04. The van der Waals surface area contributed by atoms with Gasteiger partial charge < -0.3 is 55.7 Å². The lowest BCUT2D eigenvalue weighted by Gasteiger charge is -2.12. The molecule has 0 amide bonds. The summed E-state index contributed by atoms with van der Waals surface area (Å²) in [5.41, 5.74) is 8.99. The van der Waals surface area contributed by atoms with Crippen LogP contribution in [0.5, 0.6) is 0 Å². The summed E-state index contributed by atoms with van der Waals surface area (Å²) in [5.74, 6) is 1.57. The fourth-order valence-corrected chi connectivity index (χ4v) is 8.07. The van der Waals surface area contributed by atoms with E-state index in [2.05, 4.69) is 102 Å². The molecule has 83 heavy (non-hydrogen) atoms. The van der Waals surface area contributed by atoms with Crippen molar-refractivity contribution < 1.29 is 56.5 Å². The maximum atomic E-state index is 9.47. The fraction of sp³-hybridized carbons (Fsp3) is 0.172. The van der Waals surface area contributed by atoms with E-state index < -0.39 is 10.1 Å². The molecule has 10 rings (SSSR count). The van der Waals surface area contributed by atoms with Crippen molar-refractivity contribution in [1.29, 1.82) is 0 Å². The van der Waals surface area contributed by atoms with Gasteiger partial charge in [-0.25, -0.2) is 31.3 Å². The van der Waals surface area contributed by atoms with Crippen LogP contribution in [0, 0.1) is 0 Å². The second kappa shape index (κ2) is 31.0. The van der Waals surface area contributed by atoms with E-state index in [4.69, 9.17) is 5.26 Å². The zero-order valence-electron chi connectivity index (χ0n) is 46.4. The van der Waals surface area contributed by atoms with E-state index >= 15 is 0 Å². The highest BCUT2D eigenvalue weighted by Crippen LogP contribution is 2.34. The number of anilines is 4. The van der Waals surface area contributed by atoms with E-state index in [-0.39, 0.29) is 24.8 Å². The predicted molar refractivity (Wildman–Crippen MR) is 312 cm³/mol. The molecule has 0 aliphatic carbocycles. The second-order valence-electron chi connectivity index (χ2n) is 18.3. The maximum Gasteiger partial charge on any atom is 0.421 e. The minimum Gasteiger partial charge on any atom is -1.00 e. The number of halogens is 2. The van der Waals surface area contributed by atoms with Gasteiger partial charge in [-0.3, -0.25) is 4.98 Å². The van der Waals surface area contributed by atoms with Gasteiger partial charge >= 0.3 is 11.9 Å². The largest absolute Gasteiger partial charge is 1.00 e. The third-order valence-electron chi connectivity index (χ3n) is 12.1. The Hall–Kier alpha value is -9.39. The lowest BCUT2D eigenvalue weighted by molar-refractivity contribution is -0.670. The average molecular weight is 1180 g/mol. The molecule has 0 fully saturated rings. The van der Waals surface area contributed by atoms with Gasteiger partial charge in [-0.2, -0.15) is 0 Å². The number of imidazole rings is 2. The van der Waals surface area contributed by atoms with Crippen LogP contribution in [0.25, 0.3) is 21.5 Å². The molecular weight excluding hydrogens is 1120 g/mol. The number of azo groups is 4. The van der Waals surface area contributed by atoms with Gasteiger partial charge in [0.2, 0.25) is 0 Å². The van der Waals surface area contributed by atoms with Crippen LogP contribution in [0.1, 0.15) is 0 Å². The van der Waals surface area contributed by atoms with Crippen LogP contribution in [0.3, 0.4) is 0 Å². The van der Waals surface area contributed by atoms with Gasteiger partial charge in [0, 0.05) is 93.0 Å². The highest BCUT2D eigenvalue weighted by Gasteiger charge is 2.13. The molecule has 4 heterocycles. The Morgan fingerprint density at radius 3 is 1.33 bits per heavy atom. The minimum absolute atomic E-state index is 0. The Labute approximate surface area is 493 Å². The molecular formula is C58H62Cl2N18O4S. The van der Waals surface area contributed by atoms with Crippen molar-refractivity contribution in [2.75, 3.05) is 53.7 Å². The van der Waals surface area contributed by atoms with Crippen LogP contribution in [0.15, 0.2) is 236 Å². The molecule has 0 radical (unpaired) electrons. The zero-order chi connectivity index (χ0) is 57.0. The molecule has 0 bridgehead atoms. The molecule has 0 aliphatic rings.